The average Bonchev–Trinajstić information content (AvgIpc) is 3.84. The molecule has 1 unspecified atom stereocenters. The van der Waals surface area contributed by atoms with Gasteiger partial charge in [-0.2, -0.15) is 30.3 Å². The number of anilines is 8. The SMILES string of the molecule is CCOC1N(c2ccccc2)c2nccnc2N1c1ccccc1-c1ccccc1.[Ir].[c-]1ccccc1N1[CH-]N(c2ccccc2-c2ccccc2)c2nccnc21. The van der Waals surface area contributed by atoms with Crippen LogP contribution in [0.2, 0.25) is 0 Å². The van der Waals surface area contributed by atoms with E-state index < -0.39 is 0 Å². The molecule has 2 aliphatic heterocycles. The Morgan fingerprint density at radius 2 is 1.00 bits per heavy atom. The van der Waals surface area contributed by atoms with E-state index in [-0.39, 0.29) is 26.5 Å². The number of nitrogens with zero attached hydrogens (tertiary/aromatic N) is 8. The largest absolute Gasteiger partial charge is 0.477 e. The van der Waals surface area contributed by atoms with Gasteiger partial charge in [-0.1, -0.05) is 115 Å². The molecule has 0 saturated heterocycles. The first-order valence-corrected chi connectivity index (χ1v) is 18.9. The number of aromatic nitrogens is 4. The van der Waals surface area contributed by atoms with E-state index in [1.807, 2.05) is 85.2 Å². The van der Waals surface area contributed by atoms with Crippen LogP contribution >= 0.6 is 0 Å². The second-order valence-electron chi connectivity index (χ2n) is 13.1. The summed E-state index contributed by atoms with van der Waals surface area (Å²) in [6, 6.07) is 58.8. The van der Waals surface area contributed by atoms with Gasteiger partial charge in [-0.3, -0.25) is 9.80 Å². The minimum Gasteiger partial charge on any atom is -0.477 e. The summed E-state index contributed by atoms with van der Waals surface area (Å²) in [4.78, 5) is 26.9. The van der Waals surface area contributed by atoms with E-state index >= 15 is 0 Å². The van der Waals surface area contributed by atoms with Crippen molar-refractivity contribution in [3.8, 4) is 22.3 Å². The molecule has 1 radical (unpaired) electrons. The molecule has 287 valence electrons. The number of rotatable bonds is 8. The molecule has 10 heteroatoms. The Bertz CT molecular complexity index is 2570. The minimum absolute atomic E-state index is 0. The Kier molecular flexibility index (Phi) is 11.6. The summed E-state index contributed by atoms with van der Waals surface area (Å²) >= 11 is 0. The van der Waals surface area contributed by atoms with Crippen molar-refractivity contribution in [2.24, 2.45) is 0 Å². The van der Waals surface area contributed by atoms with Crippen molar-refractivity contribution in [2.75, 3.05) is 26.2 Å². The van der Waals surface area contributed by atoms with Gasteiger partial charge in [0.05, 0.1) is 5.69 Å². The van der Waals surface area contributed by atoms with Gasteiger partial charge in [-0.25, -0.2) is 19.9 Å². The van der Waals surface area contributed by atoms with E-state index in [2.05, 4.69) is 133 Å². The molecule has 2 aliphatic rings. The molecule has 8 aromatic rings. The van der Waals surface area contributed by atoms with E-state index in [4.69, 9.17) is 9.72 Å². The van der Waals surface area contributed by atoms with Gasteiger partial charge in [0.15, 0.2) is 11.6 Å². The van der Waals surface area contributed by atoms with Crippen LogP contribution in [0.4, 0.5) is 46.0 Å². The van der Waals surface area contributed by atoms with E-state index in [0.29, 0.717) is 6.61 Å². The van der Waals surface area contributed by atoms with Crippen LogP contribution in [0.1, 0.15) is 6.92 Å². The third kappa shape index (κ3) is 7.44. The Hall–Kier alpha value is -6.71. The predicted molar refractivity (Wildman–Crippen MR) is 228 cm³/mol. The molecular weight excluding hydrogens is 897 g/mol. The van der Waals surface area contributed by atoms with Crippen LogP contribution in [0.5, 0.6) is 0 Å². The number of benzene rings is 6. The fraction of sp³-hybridized carbons (Fsp3) is 0.0625. The van der Waals surface area contributed by atoms with Crippen LogP contribution in [0.15, 0.2) is 189 Å². The first-order valence-electron chi connectivity index (χ1n) is 18.9. The number of fused-ring (bicyclic) bond motifs is 2. The predicted octanol–water partition coefficient (Wildman–Crippen LogP) is 11.1. The fourth-order valence-electron chi connectivity index (χ4n) is 7.22. The molecule has 58 heavy (non-hydrogen) atoms. The van der Waals surface area contributed by atoms with Crippen molar-refractivity contribution in [3.05, 3.63) is 201 Å². The molecule has 0 amide bonds. The van der Waals surface area contributed by atoms with Crippen molar-refractivity contribution in [1.82, 2.24) is 19.9 Å². The molecule has 10 rings (SSSR count). The third-order valence-corrected chi connectivity index (χ3v) is 9.71. The van der Waals surface area contributed by atoms with E-state index in [1.54, 1.807) is 24.8 Å². The molecule has 1 atom stereocenters. The molecule has 2 aromatic heterocycles. The van der Waals surface area contributed by atoms with Crippen LogP contribution in [-0.2, 0) is 24.8 Å². The summed E-state index contributed by atoms with van der Waals surface area (Å²) in [5.74, 6) is 3.16. The van der Waals surface area contributed by atoms with E-state index in [0.717, 1.165) is 68.3 Å². The van der Waals surface area contributed by atoms with Crippen molar-refractivity contribution in [2.45, 2.75) is 13.3 Å². The van der Waals surface area contributed by atoms with Crippen molar-refractivity contribution in [3.63, 3.8) is 0 Å². The minimum atomic E-state index is -0.389. The van der Waals surface area contributed by atoms with Crippen LogP contribution < -0.4 is 19.6 Å². The molecule has 0 spiro atoms. The molecule has 0 N–H and O–H groups in total. The molecule has 0 saturated carbocycles. The van der Waals surface area contributed by atoms with Crippen LogP contribution in [0.25, 0.3) is 22.3 Å². The van der Waals surface area contributed by atoms with Crippen molar-refractivity contribution >= 4 is 46.0 Å². The number of hydrogen-bond acceptors (Lipinski definition) is 9. The molecule has 0 bridgehead atoms. The van der Waals surface area contributed by atoms with Gasteiger partial charge in [0.2, 0.25) is 6.35 Å². The zero-order chi connectivity index (χ0) is 38.4. The zero-order valence-electron chi connectivity index (χ0n) is 31.6. The first kappa shape index (κ1) is 38.2. The van der Waals surface area contributed by atoms with Gasteiger partial charge in [-0.05, 0) is 42.3 Å². The standard InChI is InChI=1S/C25H22N4O.C23H16N4.Ir/c1-2-30-25-28(20-13-7-4-8-14-20)23-24(27-18-17-26-23)29(25)22-16-10-9-15-21(22)19-11-5-3-6-12-19;1-3-9-18(10-4-1)20-13-7-8-14-21(20)27-17-26(19-11-5-2-6-12-19)22-23(27)25-16-15-24-22;/h3-18,25H,2H2,1H3;1-11,13-17H;/q;-2;. The maximum Gasteiger partial charge on any atom is 0.221 e. The van der Waals surface area contributed by atoms with Crippen LogP contribution in [-0.4, -0.2) is 32.9 Å². The molecule has 0 fully saturated rings. The summed E-state index contributed by atoms with van der Waals surface area (Å²) in [6.45, 7) is 4.60. The van der Waals surface area contributed by atoms with Gasteiger partial charge in [0.25, 0.3) is 0 Å². The molecule has 4 heterocycles. The Balaban J connectivity index is 0.000000160. The number of hydrogen-bond donors (Lipinski definition) is 0. The number of para-hydroxylation sites is 4. The third-order valence-electron chi connectivity index (χ3n) is 9.71. The summed E-state index contributed by atoms with van der Waals surface area (Å²) in [6.07, 6.45) is 6.51. The Morgan fingerprint density at radius 3 is 1.59 bits per heavy atom. The number of ether oxygens (including phenoxy) is 1. The maximum absolute atomic E-state index is 6.28. The van der Waals surface area contributed by atoms with E-state index in [1.165, 1.54) is 0 Å². The quantitative estimate of drug-likeness (QED) is 0.139. The van der Waals surface area contributed by atoms with Gasteiger partial charge in [0, 0.05) is 74.0 Å². The van der Waals surface area contributed by atoms with Crippen molar-refractivity contribution in [1.29, 1.82) is 0 Å². The van der Waals surface area contributed by atoms with Crippen molar-refractivity contribution < 1.29 is 24.8 Å². The normalized spacial score (nSPS) is 13.9. The van der Waals surface area contributed by atoms with Crippen LogP contribution in [0, 0.1) is 12.7 Å². The fourth-order valence-corrected chi connectivity index (χ4v) is 7.22. The average molecular weight is 935 g/mol. The summed E-state index contributed by atoms with van der Waals surface area (Å²) < 4.78 is 6.28. The smallest absolute Gasteiger partial charge is 0.221 e. The molecule has 6 aromatic carbocycles. The second-order valence-corrected chi connectivity index (χ2v) is 13.1. The van der Waals surface area contributed by atoms with Gasteiger partial charge >= 0.3 is 0 Å². The van der Waals surface area contributed by atoms with Gasteiger partial charge in [-0.15, -0.1) is 12.4 Å². The summed E-state index contributed by atoms with van der Waals surface area (Å²) in [7, 11) is 0. The first-order chi connectivity index (χ1) is 28.3. The van der Waals surface area contributed by atoms with Gasteiger partial charge < -0.3 is 14.5 Å². The second kappa shape index (κ2) is 17.6. The molecular formula is C48H38IrN8O-2. The van der Waals surface area contributed by atoms with E-state index in [9.17, 15) is 0 Å². The zero-order valence-corrected chi connectivity index (χ0v) is 34.0. The summed E-state index contributed by atoms with van der Waals surface area (Å²) in [5.41, 5.74) is 8.60. The summed E-state index contributed by atoms with van der Waals surface area (Å²) in [5, 5.41) is 0. The Labute approximate surface area is 352 Å². The van der Waals surface area contributed by atoms with Crippen LogP contribution in [0.3, 0.4) is 0 Å². The molecule has 9 nitrogen and oxygen atoms in total. The Morgan fingerprint density at radius 1 is 0.517 bits per heavy atom. The monoisotopic (exact) mass is 935 g/mol. The van der Waals surface area contributed by atoms with Gasteiger partial charge in [0.1, 0.15) is 11.6 Å². The maximum atomic E-state index is 6.28. The molecule has 0 aliphatic carbocycles. The topological polar surface area (TPSA) is 73.8 Å².